The molecule has 5 heteroatoms. The van der Waals surface area contributed by atoms with E-state index in [-0.39, 0.29) is 22.4 Å². The lowest BCUT2D eigenvalue weighted by Gasteiger charge is -2.44. The first kappa shape index (κ1) is 27.3. The van der Waals surface area contributed by atoms with Crippen molar-refractivity contribution in [2.24, 2.45) is 10.8 Å². The topological polar surface area (TPSA) is 64.6 Å². The van der Waals surface area contributed by atoms with Crippen molar-refractivity contribution in [3.63, 3.8) is 0 Å². The lowest BCUT2D eigenvalue weighted by atomic mass is 9.64. The summed E-state index contributed by atoms with van der Waals surface area (Å²) in [4.78, 5) is 27.4. The molecule has 41 heavy (non-hydrogen) atoms. The van der Waals surface area contributed by atoms with Gasteiger partial charge in [-0.15, -0.1) is 0 Å². The molecule has 1 heterocycles. The van der Waals surface area contributed by atoms with Gasteiger partial charge in [0.1, 0.15) is 6.61 Å². The third-order valence-corrected chi connectivity index (χ3v) is 8.58. The van der Waals surface area contributed by atoms with Gasteiger partial charge in [-0.1, -0.05) is 76.2 Å². The molecule has 0 saturated heterocycles. The largest absolute Gasteiger partial charge is 0.490 e. The number of benzene rings is 3. The fourth-order valence-electron chi connectivity index (χ4n) is 6.89. The molecule has 0 amide bonds. The highest BCUT2D eigenvalue weighted by atomic mass is 16.5. The average Bonchev–Trinajstić information content (AvgIpc) is 2.90. The van der Waals surface area contributed by atoms with Crippen LogP contribution < -0.4 is 14.8 Å². The summed E-state index contributed by atoms with van der Waals surface area (Å²) in [5.41, 5.74) is 5.15. The molecule has 3 aromatic rings. The number of dihydropyridines is 1. The molecule has 0 fully saturated rings. The number of rotatable bonds is 6. The minimum atomic E-state index is -0.403. The summed E-state index contributed by atoms with van der Waals surface area (Å²) in [5.74, 6) is 1.10. The highest BCUT2D eigenvalue weighted by Crippen LogP contribution is 2.51. The average molecular weight is 550 g/mol. The number of carbonyl (C=O) groups is 2. The standard InChI is InChI=1S/C36H39NO4/c1-6-40-31-16-23(14-15-30(31)41-21-24-12-9-11-22-10-7-8-13-25(22)24)32-33-26(17-35(2,3)19-28(33)38)37-27-18-36(4,5)20-29(39)34(27)32/h7-16,32,37H,6,17-21H2,1-5H3. The van der Waals surface area contributed by atoms with E-state index < -0.39 is 5.92 Å². The quantitative estimate of drug-likeness (QED) is 0.340. The molecule has 0 saturated carbocycles. The number of fused-ring (bicyclic) bond motifs is 1. The van der Waals surface area contributed by atoms with Crippen LogP contribution in [0.5, 0.6) is 11.5 Å². The molecule has 5 nitrogen and oxygen atoms in total. The number of nitrogens with one attached hydrogen (secondary N) is 1. The summed E-state index contributed by atoms with van der Waals surface area (Å²) in [5, 5.41) is 5.93. The predicted molar refractivity (Wildman–Crippen MR) is 162 cm³/mol. The number of hydrogen-bond acceptors (Lipinski definition) is 5. The minimum Gasteiger partial charge on any atom is -0.490 e. The summed E-state index contributed by atoms with van der Waals surface area (Å²) >= 11 is 0. The lowest BCUT2D eigenvalue weighted by Crippen LogP contribution is -2.42. The Hall–Kier alpha value is -3.86. The van der Waals surface area contributed by atoms with E-state index in [1.807, 2.05) is 43.3 Å². The van der Waals surface area contributed by atoms with Crippen LogP contribution in [0.2, 0.25) is 0 Å². The third-order valence-electron chi connectivity index (χ3n) is 8.58. The molecule has 0 bridgehead atoms. The molecule has 1 N–H and O–H groups in total. The fraction of sp³-hybridized carbons (Fsp3) is 0.389. The van der Waals surface area contributed by atoms with Crippen molar-refractivity contribution >= 4 is 22.3 Å². The van der Waals surface area contributed by atoms with E-state index in [0.29, 0.717) is 37.6 Å². The van der Waals surface area contributed by atoms with Crippen LogP contribution in [0.25, 0.3) is 10.8 Å². The molecular weight excluding hydrogens is 510 g/mol. The van der Waals surface area contributed by atoms with Gasteiger partial charge in [0, 0.05) is 41.3 Å². The van der Waals surface area contributed by atoms with Crippen LogP contribution in [0.15, 0.2) is 83.2 Å². The minimum absolute atomic E-state index is 0.118. The highest BCUT2D eigenvalue weighted by molar-refractivity contribution is 6.06. The Bertz CT molecular complexity index is 1570. The van der Waals surface area contributed by atoms with Gasteiger partial charge >= 0.3 is 0 Å². The van der Waals surface area contributed by atoms with E-state index in [4.69, 9.17) is 9.47 Å². The Balaban J connectivity index is 1.40. The number of Topliss-reactive ketones (excluding diaryl/α,β-unsaturated/α-hetero) is 2. The maximum Gasteiger partial charge on any atom is 0.162 e. The van der Waals surface area contributed by atoms with Crippen LogP contribution >= 0.6 is 0 Å². The molecule has 6 rings (SSSR count). The van der Waals surface area contributed by atoms with E-state index in [1.165, 1.54) is 5.39 Å². The van der Waals surface area contributed by atoms with Gasteiger partial charge in [-0.25, -0.2) is 0 Å². The van der Waals surface area contributed by atoms with E-state index in [1.54, 1.807) is 0 Å². The Morgan fingerprint density at radius 2 is 1.39 bits per heavy atom. The van der Waals surface area contributed by atoms with Crippen molar-refractivity contribution in [2.45, 2.75) is 72.8 Å². The Kier molecular flexibility index (Phi) is 6.80. The van der Waals surface area contributed by atoms with Crippen LogP contribution in [0.4, 0.5) is 0 Å². The molecule has 2 aliphatic carbocycles. The molecule has 1 aliphatic heterocycles. The predicted octanol–water partition coefficient (Wildman–Crippen LogP) is 7.79. The van der Waals surface area contributed by atoms with E-state index in [9.17, 15) is 9.59 Å². The van der Waals surface area contributed by atoms with Crippen LogP contribution in [0, 0.1) is 10.8 Å². The Morgan fingerprint density at radius 1 is 0.756 bits per heavy atom. The summed E-state index contributed by atoms with van der Waals surface area (Å²) < 4.78 is 12.4. The van der Waals surface area contributed by atoms with Crippen molar-refractivity contribution in [1.29, 1.82) is 0 Å². The molecule has 0 spiro atoms. The lowest BCUT2D eigenvalue weighted by molar-refractivity contribution is -0.119. The first-order valence-corrected chi connectivity index (χ1v) is 14.7. The van der Waals surface area contributed by atoms with Crippen molar-refractivity contribution in [3.8, 4) is 11.5 Å². The fourth-order valence-corrected chi connectivity index (χ4v) is 6.89. The second-order valence-electron chi connectivity index (χ2n) is 13.3. The van der Waals surface area contributed by atoms with E-state index in [0.717, 1.165) is 51.9 Å². The van der Waals surface area contributed by atoms with Gasteiger partial charge in [0.25, 0.3) is 0 Å². The molecule has 0 radical (unpaired) electrons. The zero-order valence-electron chi connectivity index (χ0n) is 24.7. The van der Waals surface area contributed by atoms with Crippen LogP contribution in [-0.2, 0) is 16.2 Å². The van der Waals surface area contributed by atoms with Crippen molar-refractivity contribution in [2.75, 3.05) is 6.61 Å². The molecule has 0 atom stereocenters. The maximum absolute atomic E-state index is 13.7. The third kappa shape index (κ3) is 5.18. The normalized spacial score (nSPS) is 20.0. The number of carbonyl (C=O) groups excluding carboxylic acids is 2. The zero-order chi connectivity index (χ0) is 28.9. The number of allylic oxidation sites excluding steroid dienone is 4. The van der Waals surface area contributed by atoms with Gasteiger partial charge in [0.05, 0.1) is 6.61 Å². The second kappa shape index (κ2) is 10.2. The zero-order valence-corrected chi connectivity index (χ0v) is 24.7. The molecule has 3 aliphatic rings. The van der Waals surface area contributed by atoms with E-state index >= 15 is 0 Å². The number of ether oxygens (including phenoxy) is 2. The summed E-state index contributed by atoms with van der Waals surface area (Å²) in [6.07, 6.45) is 2.49. The summed E-state index contributed by atoms with van der Waals surface area (Å²) in [6.45, 7) is 11.4. The highest BCUT2D eigenvalue weighted by Gasteiger charge is 2.46. The van der Waals surface area contributed by atoms with Gasteiger partial charge in [0.15, 0.2) is 23.1 Å². The number of ketones is 2. The molecular formula is C36H39NO4. The Morgan fingerprint density at radius 3 is 2.05 bits per heavy atom. The molecule has 3 aromatic carbocycles. The monoisotopic (exact) mass is 549 g/mol. The first-order chi connectivity index (χ1) is 19.5. The number of hydrogen-bond donors (Lipinski definition) is 1. The SMILES string of the molecule is CCOc1cc(C2C3=C(CC(C)(C)CC3=O)NC3=C2C(=O)CC(C)(C)C3)ccc1OCc1cccc2ccccc12. The molecule has 212 valence electrons. The van der Waals surface area contributed by atoms with Crippen LogP contribution in [0.3, 0.4) is 0 Å². The van der Waals surface area contributed by atoms with E-state index in [2.05, 4.69) is 57.3 Å². The van der Waals surface area contributed by atoms with Gasteiger partial charge in [-0.2, -0.15) is 0 Å². The Labute approximate surface area is 242 Å². The molecule has 0 aromatic heterocycles. The van der Waals surface area contributed by atoms with Gasteiger partial charge in [-0.3, -0.25) is 9.59 Å². The van der Waals surface area contributed by atoms with Crippen LogP contribution in [0.1, 0.15) is 77.3 Å². The van der Waals surface area contributed by atoms with Gasteiger partial charge in [0.2, 0.25) is 0 Å². The smallest absolute Gasteiger partial charge is 0.162 e. The van der Waals surface area contributed by atoms with Crippen molar-refractivity contribution < 1.29 is 19.1 Å². The van der Waals surface area contributed by atoms with Crippen molar-refractivity contribution in [3.05, 3.63) is 94.3 Å². The van der Waals surface area contributed by atoms with Crippen LogP contribution in [-0.4, -0.2) is 18.2 Å². The summed E-state index contributed by atoms with van der Waals surface area (Å²) in [7, 11) is 0. The maximum atomic E-state index is 13.7. The first-order valence-electron chi connectivity index (χ1n) is 14.7. The summed E-state index contributed by atoms with van der Waals surface area (Å²) in [6, 6.07) is 20.4. The molecule has 0 unspecified atom stereocenters. The second-order valence-corrected chi connectivity index (χ2v) is 13.3. The van der Waals surface area contributed by atoms with Crippen molar-refractivity contribution in [1.82, 2.24) is 5.32 Å². The van der Waals surface area contributed by atoms with Gasteiger partial charge in [-0.05, 0) is 64.6 Å². The van der Waals surface area contributed by atoms with Gasteiger partial charge < -0.3 is 14.8 Å².